The molecule has 0 fully saturated rings. The Morgan fingerprint density at radius 1 is 1.58 bits per heavy atom. The van der Waals surface area contributed by atoms with Gasteiger partial charge in [-0.1, -0.05) is 13.8 Å². The molecule has 0 radical (unpaired) electrons. The zero-order chi connectivity index (χ0) is 9.14. The van der Waals surface area contributed by atoms with Crippen LogP contribution in [0.1, 0.15) is 27.2 Å². The summed E-state index contributed by atoms with van der Waals surface area (Å²) < 4.78 is 5.31. The van der Waals surface area contributed by atoms with Crippen LogP contribution in [0.4, 0.5) is 0 Å². The summed E-state index contributed by atoms with van der Waals surface area (Å²) in [6.07, 6.45) is 2.55. The summed E-state index contributed by atoms with van der Waals surface area (Å²) in [5, 5.41) is 0. The van der Waals surface area contributed by atoms with E-state index in [-0.39, 0.29) is 11.7 Å². The minimum atomic E-state index is 0.161. The average Bonchev–Trinajstić information content (AvgIpc) is 2.01. The van der Waals surface area contributed by atoms with E-state index in [2.05, 4.69) is 6.92 Å². The first-order valence-electron chi connectivity index (χ1n) is 4.52. The average molecular weight is 168 g/mol. The number of ether oxygens (including phenoxy) is 1. The molecule has 1 rings (SSSR count). The van der Waals surface area contributed by atoms with Gasteiger partial charge >= 0.3 is 0 Å². The molecule has 2 heteroatoms. The van der Waals surface area contributed by atoms with Gasteiger partial charge in [-0.3, -0.25) is 4.79 Å². The van der Waals surface area contributed by atoms with Gasteiger partial charge < -0.3 is 4.74 Å². The smallest absolute Gasteiger partial charge is 0.162 e. The normalized spacial score (nSPS) is 29.9. The Hall–Kier alpha value is -0.790. The van der Waals surface area contributed by atoms with Crippen LogP contribution in [0.15, 0.2) is 11.8 Å². The van der Waals surface area contributed by atoms with E-state index < -0.39 is 0 Å². The molecule has 0 bridgehead atoms. The fourth-order valence-electron chi connectivity index (χ4n) is 1.41. The molecule has 12 heavy (non-hydrogen) atoms. The van der Waals surface area contributed by atoms with Gasteiger partial charge in [0.05, 0.1) is 12.4 Å². The van der Waals surface area contributed by atoms with Gasteiger partial charge in [-0.25, -0.2) is 0 Å². The van der Waals surface area contributed by atoms with Crippen molar-refractivity contribution in [3.05, 3.63) is 11.8 Å². The van der Waals surface area contributed by atoms with Gasteiger partial charge in [0.15, 0.2) is 5.78 Å². The maximum absolute atomic E-state index is 11.3. The highest BCUT2D eigenvalue weighted by molar-refractivity contribution is 5.92. The molecule has 0 spiro atoms. The van der Waals surface area contributed by atoms with Gasteiger partial charge in [-0.05, 0) is 12.8 Å². The summed E-state index contributed by atoms with van der Waals surface area (Å²) in [6, 6.07) is 0. The van der Waals surface area contributed by atoms with Crippen molar-refractivity contribution in [2.24, 2.45) is 11.8 Å². The standard InChI is InChI=1S/C10H16O2/c1-4-12-9-5-7(2)8(3)10(11)6-9/h6-8H,4-5H2,1-3H3/t7-,8-/m1/s1. The molecule has 0 aliphatic heterocycles. The highest BCUT2D eigenvalue weighted by Crippen LogP contribution is 2.26. The van der Waals surface area contributed by atoms with E-state index in [4.69, 9.17) is 4.74 Å². The van der Waals surface area contributed by atoms with Crippen LogP contribution in [-0.2, 0) is 9.53 Å². The molecule has 2 nitrogen and oxygen atoms in total. The molecule has 68 valence electrons. The van der Waals surface area contributed by atoms with Crippen molar-refractivity contribution in [2.45, 2.75) is 27.2 Å². The SMILES string of the molecule is CCOC1=CC(=O)[C@H](C)[C@H](C)C1. The second-order valence-electron chi connectivity index (χ2n) is 3.42. The Morgan fingerprint density at radius 2 is 2.25 bits per heavy atom. The van der Waals surface area contributed by atoms with Gasteiger partial charge in [0.2, 0.25) is 0 Å². The molecule has 2 atom stereocenters. The number of hydrogen-bond acceptors (Lipinski definition) is 2. The van der Waals surface area contributed by atoms with E-state index in [1.807, 2.05) is 13.8 Å². The van der Waals surface area contributed by atoms with Crippen LogP contribution in [0.2, 0.25) is 0 Å². The minimum Gasteiger partial charge on any atom is -0.498 e. The topological polar surface area (TPSA) is 26.3 Å². The molecule has 0 saturated carbocycles. The Bertz CT molecular complexity index is 206. The number of rotatable bonds is 2. The molecular weight excluding hydrogens is 152 g/mol. The maximum Gasteiger partial charge on any atom is 0.162 e. The minimum absolute atomic E-state index is 0.161. The Kier molecular flexibility index (Phi) is 2.90. The summed E-state index contributed by atoms with van der Waals surface area (Å²) in [4.78, 5) is 11.3. The Labute approximate surface area is 73.6 Å². The van der Waals surface area contributed by atoms with Crippen molar-refractivity contribution in [1.82, 2.24) is 0 Å². The molecule has 0 heterocycles. The number of hydrogen-bond donors (Lipinski definition) is 0. The van der Waals surface area contributed by atoms with E-state index in [1.165, 1.54) is 0 Å². The molecule has 0 N–H and O–H groups in total. The number of carbonyl (C=O) groups excluding carboxylic acids is 1. The van der Waals surface area contributed by atoms with E-state index in [9.17, 15) is 4.79 Å². The zero-order valence-corrected chi connectivity index (χ0v) is 7.96. The lowest BCUT2D eigenvalue weighted by Crippen LogP contribution is -2.23. The Balaban J connectivity index is 2.67. The van der Waals surface area contributed by atoms with E-state index in [1.54, 1.807) is 6.08 Å². The molecule has 0 aromatic rings. The first-order chi connectivity index (χ1) is 5.65. The molecular formula is C10H16O2. The Morgan fingerprint density at radius 3 is 2.75 bits per heavy atom. The summed E-state index contributed by atoms with van der Waals surface area (Å²) in [6.45, 7) is 6.66. The summed E-state index contributed by atoms with van der Waals surface area (Å²) in [7, 11) is 0. The summed E-state index contributed by atoms with van der Waals surface area (Å²) >= 11 is 0. The zero-order valence-electron chi connectivity index (χ0n) is 7.96. The van der Waals surface area contributed by atoms with Crippen LogP contribution in [-0.4, -0.2) is 12.4 Å². The largest absolute Gasteiger partial charge is 0.498 e. The second-order valence-corrected chi connectivity index (χ2v) is 3.42. The predicted molar refractivity (Wildman–Crippen MR) is 47.7 cm³/mol. The third-order valence-corrected chi connectivity index (χ3v) is 2.46. The van der Waals surface area contributed by atoms with E-state index in [0.29, 0.717) is 12.5 Å². The fraction of sp³-hybridized carbons (Fsp3) is 0.700. The molecule has 0 aromatic carbocycles. The number of allylic oxidation sites excluding steroid dienone is 2. The van der Waals surface area contributed by atoms with Gasteiger partial charge in [-0.15, -0.1) is 0 Å². The van der Waals surface area contributed by atoms with Crippen molar-refractivity contribution in [3.8, 4) is 0 Å². The summed E-state index contributed by atoms with van der Waals surface area (Å²) in [5.74, 6) is 1.64. The van der Waals surface area contributed by atoms with E-state index >= 15 is 0 Å². The molecule has 0 unspecified atom stereocenters. The first-order valence-corrected chi connectivity index (χ1v) is 4.52. The molecule has 1 aliphatic carbocycles. The lowest BCUT2D eigenvalue weighted by Gasteiger charge is -2.23. The van der Waals surface area contributed by atoms with Crippen molar-refractivity contribution < 1.29 is 9.53 Å². The highest BCUT2D eigenvalue weighted by atomic mass is 16.5. The van der Waals surface area contributed by atoms with Gasteiger partial charge in [0.25, 0.3) is 0 Å². The third-order valence-electron chi connectivity index (χ3n) is 2.46. The fourth-order valence-corrected chi connectivity index (χ4v) is 1.41. The van der Waals surface area contributed by atoms with Crippen LogP contribution >= 0.6 is 0 Å². The van der Waals surface area contributed by atoms with Crippen LogP contribution in [0, 0.1) is 11.8 Å². The van der Waals surface area contributed by atoms with Gasteiger partial charge in [0.1, 0.15) is 0 Å². The van der Waals surface area contributed by atoms with Gasteiger partial charge in [0, 0.05) is 18.4 Å². The molecule has 1 aliphatic rings. The molecule has 0 aromatic heterocycles. The molecule has 0 saturated heterocycles. The van der Waals surface area contributed by atoms with Crippen LogP contribution in [0.3, 0.4) is 0 Å². The van der Waals surface area contributed by atoms with Crippen molar-refractivity contribution in [1.29, 1.82) is 0 Å². The van der Waals surface area contributed by atoms with Gasteiger partial charge in [-0.2, -0.15) is 0 Å². The monoisotopic (exact) mass is 168 g/mol. The lowest BCUT2D eigenvalue weighted by atomic mass is 9.84. The second kappa shape index (κ2) is 3.74. The third kappa shape index (κ3) is 1.87. The maximum atomic E-state index is 11.3. The van der Waals surface area contributed by atoms with E-state index in [0.717, 1.165) is 12.2 Å². The lowest BCUT2D eigenvalue weighted by molar-refractivity contribution is -0.120. The number of ketones is 1. The quantitative estimate of drug-likeness (QED) is 0.631. The van der Waals surface area contributed by atoms with Crippen molar-refractivity contribution in [3.63, 3.8) is 0 Å². The highest BCUT2D eigenvalue weighted by Gasteiger charge is 2.25. The number of carbonyl (C=O) groups is 1. The van der Waals surface area contributed by atoms with Crippen LogP contribution in [0.25, 0.3) is 0 Å². The van der Waals surface area contributed by atoms with Crippen molar-refractivity contribution >= 4 is 5.78 Å². The van der Waals surface area contributed by atoms with Crippen LogP contribution < -0.4 is 0 Å². The van der Waals surface area contributed by atoms with Crippen LogP contribution in [0.5, 0.6) is 0 Å². The first kappa shape index (κ1) is 9.30. The summed E-state index contributed by atoms with van der Waals surface area (Å²) in [5.41, 5.74) is 0. The predicted octanol–water partition coefficient (Wildman–Crippen LogP) is 2.15. The van der Waals surface area contributed by atoms with Crippen molar-refractivity contribution in [2.75, 3.05) is 6.61 Å². The molecule has 0 amide bonds.